The number of rotatable bonds is 12. The minimum absolute atomic E-state index is 0.268. The SMILES string of the molecule is CCCC/C=C/C(=O)Oc1ccc(C23CCC(CCCCCCC)(CC2)CC3)cc1. The molecule has 0 aromatic heterocycles. The highest BCUT2D eigenvalue weighted by atomic mass is 16.5. The van der Waals surface area contributed by atoms with Crippen molar-refractivity contribution in [3.63, 3.8) is 0 Å². The van der Waals surface area contributed by atoms with Gasteiger partial charge in [-0.25, -0.2) is 4.79 Å². The summed E-state index contributed by atoms with van der Waals surface area (Å²) in [6, 6.07) is 8.41. The monoisotopic (exact) mass is 410 g/mol. The molecule has 0 atom stereocenters. The number of benzene rings is 1. The van der Waals surface area contributed by atoms with E-state index in [4.69, 9.17) is 4.74 Å². The van der Waals surface area contributed by atoms with E-state index in [0.29, 0.717) is 16.6 Å². The lowest BCUT2D eigenvalue weighted by molar-refractivity contribution is -0.129. The lowest BCUT2D eigenvalue weighted by Crippen LogP contribution is -2.44. The normalized spacial score (nSPS) is 25.7. The number of allylic oxidation sites excluding steroid dienone is 1. The molecule has 3 fully saturated rings. The summed E-state index contributed by atoms with van der Waals surface area (Å²) in [4.78, 5) is 12.0. The van der Waals surface area contributed by atoms with Crippen molar-refractivity contribution < 1.29 is 9.53 Å². The van der Waals surface area contributed by atoms with Crippen molar-refractivity contribution in [1.82, 2.24) is 0 Å². The highest BCUT2D eigenvalue weighted by Crippen LogP contribution is 2.59. The fourth-order valence-corrected chi connectivity index (χ4v) is 5.70. The number of esters is 1. The first-order valence-corrected chi connectivity index (χ1v) is 12.6. The molecule has 2 heteroatoms. The number of fused-ring (bicyclic) bond motifs is 3. The van der Waals surface area contributed by atoms with Crippen molar-refractivity contribution in [3.8, 4) is 5.75 Å². The van der Waals surface area contributed by atoms with Crippen molar-refractivity contribution >= 4 is 5.97 Å². The molecule has 0 saturated heterocycles. The molecular weight excluding hydrogens is 368 g/mol. The van der Waals surface area contributed by atoms with Crippen molar-refractivity contribution in [1.29, 1.82) is 0 Å². The molecule has 0 unspecified atom stereocenters. The molecule has 3 aliphatic carbocycles. The summed E-state index contributed by atoms with van der Waals surface area (Å²) >= 11 is 0. The van der Waals surface area contributed by atoms with Crippen LogP contribution >= 0.6 is 0 Å². The summed E-state index contributed by atoms with van der Waals surface area (Å²) < 4.78 is 5.48. The quantitative estimate of drug-likeness (QED) is 0.150. The van der Waals surface area contributed by atoms with E-state index in [-0.39, 0.29) is 5.97 Å². The summed E-state index contributed by atoms with van der Waals surface area (Å²) in [6.45, 7) is 4.45. The van der Waals surface area contributed by atoms with E-state index in [0.717, 1.165) is 19.3 Å². The zero-order valence-corrected chi connectivity index (χ0v) is 19.4. The van der Waals surface area contributed by atoms with Gasteiger partial charge in [-0.15, -0.1) is 0 Å². The number of unbranched alkanes of at least 4 members (excludes halogenated alkanes) is 6. The predicted molar refractivity (Wildman–Crippen MR) is 126 cm³/mol. The number of carbonyl (C=O) groups is 1. The van der Waals surface area contributed by atoms with E-state index in [2.05, 4.69) is 26.0 Å². The van der Waals surface area contributed by atoms with Crippen LogP contribution in [0.15, 0.2) is 36.4 Å². The van der Waals surface area contributed by atoms with Crippen molar-refractivity contribution in [3.05, 3.63) is 42.0 Å². The molecule has 2 bridgehead atoms. The van der Waals surface area contributed by atoms with Crippen molar-refractivity contribution in [2.24, 2.45) is 5.41 Å². The smallest absolute Gasteiger partial charge is 0.335 e. The van der Waals surface area contributed by atoms with Gasteiger partial charge >= 0.3 is 5.97 Å². The van der Waals surface area contributed by atoms with Crippen molar-refractivity contribution in [2.45, 2.75) is 116 Å². The van der Waals surface area contributed by atoms with E-state index in [1.807, 2.05) is 18.2 Å². The van der Waals surface area contributed by atoms with E-state index in [1.54, 1.807) is 6.08 Å². The minimum Gasteiger partial charge on any atom is -0.423 e. The molecule has 0 aliphatic heterocycles. The van der Waals surface area contributed by atoms with Gasteiger partial charge < -0.3 is 4.74 Å². The summed E-state index contributed by atoms with van der Waals surface area (Å²) in [7, 11) is 0. The Morgan fingerprint density at radius 2 is 1.50 bits per heavy atom. The fraction of sp³-hybridized carbons (Fsp3) is 0.679. The van der Waals surface area contributed by atoms with Gasteiger partial charge in [-0.2, -0.15) is 0 Å². The number of ether oxygens (including phenoxy) is 1. The van der Waals surface area contributed by atoms with Gasteiger partial charge in [0.2, 0.25) is 0 Å². The standard InChI is InChI=1S/C28H42O2/c1-3-5-7-9-11-17-27-18-21-28(22-19-27,23-20-27)24-13-15-25(16-14-24)30-26(29)12-10-8-6-4-2/h10,12-16H,3-9,11,17-23H2,1-2H3/b12-10+. The van der Waals surface area contributed by atoms with Crippen LogP contribution in [0.1, 0.15) is 116 Å². The van der Waals surface area contributed by atoms with E-state index < -0.39 is 0 Å². The molecule has 0 N–H and O–H groups in total. The number of carbonyl (C=O) groups excluding carboxylic acids is 1. The van der Waals surface area contributed by atoms with Gasteiger partial charge in [0.05, 0.1) is 0 Å². The zero-order valence-electron chi connectivity index (χ0n) is 19.4. The largest absolute Gasteiger partial charge is 0.423 e. The Kier molecular flexibility index (Phi) is 8.60. The minimum atomic E-state index is -0.268. The Morgan fingerprint density at radius 3 is 2.13 bits per heavy atom. The molecular formula is C28H42O2. The zero-order chi connectivity index (χ0) is 21.3. The first-order chi connectivity index (χ1) is 14.6. The van der Waals surface area contributed by atoms with Crippen LogP contribution < -0.4 is 4.74 Å². The van der Waals surface area contributed by atoms with Gasteiger partial charge in [-0.1, -0.05) is 77.0 Å². The second-order valence-electron chi connectivity index (χ2n) is 9.93. The molecule has 166 valence electrons. The third-order valence-electron chi connectivity index (χ3n) is 7.88. The third kappa shape index (κ3) is 5.99. The van der Waals surface area contributed by atoms with Gasteiger partial charge in [-0.3, -0.25) is 0 Å². The maximum absolute atomic E-state index is 12.0. The van der Waals surface area contributed by atoms with Crippen molar-refractivity contribution in [2.75, 3.05) is 0 Å². The van der Waals surface area contributed by atoms with Gasteiger partial charge in [0.15, 0.2) is 0 Å². The fourth-order valence-electron chi connectivity index (χ4n) is 5.70. The molecule has 4 rings (SSSR count). The van der Waals surface area contributed by atoms with E-state index in [9.17, 15) is 4.79 Å². The molecule has 30 heavy (non-hydrogen) atoms. The van der Waals surface area contributed by atoms with Crippen LogP contribution in [0.2, 0.25) is 0 Å². The number of hydrogen-bond acceptors (Lipinski definition) is 2. The molecule has 0 spiro atoms. The molecule has 1 aromatic carbocycles. The summed E-state index contributed by atoms with van der Waals surface area (Å²) in [5.74, 6) is 0.393. The Hall–Kier alpha value is -1.57. The van der Waals surface area contributed by atoms with Crippen LogP contribution in [0, 0.1) is 5.41 Å². The maximum Gasteiger partial charge on any atom is 0.335 e. The van der Waals surface area contributed by atoms with Crippen LogP contribution in [0.3, 0.4) is 0 Å². The molecule has 3 aliphatic rings. The molecule has 3 saturated carbocycles. The Bertz CT molecular complexity index is 661. The Morgan fingerprint density at radius 1 is 0.867 bits per heavy atom. The highest BCUT2D eigenvalue weighted by Gasteiger charge is 2.48. The van der Waals surface area contributed by atoms with Crippen LogP contribution in [0.5, 0.6) is 5.75 Å². The topological polar surface area (TPSA) is 26.3 Å². The van der Waals surface area contributed by atoms with Gasteiger partial charge in [0.1, 0.15) is 5.75 Å². The molecule has 1 aromatic rings. The number of hydrogen-bond donors (Lipinski definition) is 0. The van der Waals surface area contributed by atoms with Crippen LogP contribution in [0.4, 0.5) is 0 Å². The van der Waals surface area contributed by atoms with Crippen LogP contribution in [-0.2, 0) is 10.2 Å². The highest BCUT2D eigenvalue weighted by molar-refractivity contribution is 5.83. The lowest BCUT2D eigenvalue weighted by Gasteiger charge is -2.54. The van der Waals surface area contributed by atoms with E-state index >= 15 is 0 Å². The Balaban J connectivity index is 1.49. The maximum atomic E-state index is 12.0. The first-order valence-electron chi connectivity index (χ1n) is 12.6. The molecule has 0 radical (unpaired) electrons. The third-order valence-corrected chi connectivity index (χ3v) is 7.88. The molecule has 0 amide bonds. The summed E-state index contributed by atoms with van der Waals surface area (Å²) in [5.41, 5.74) is 2.47. The van der Waals surface area contributed by atoms with Gasteiger partial charge in [-0.05, 0) is 79.9 Å². The average Bonchev–Trinajstić information content (AvgIpc) is 2.78. The first kappa shape index (κ1) is 23.1. The second-order valence-corrected chi connectivity index (χ2v) is 9.93. The molecule has 2 nitrogen and oxygen atoms in total. The Labute approximate surface area is 184 Å². The van der Waals surface area contributed by atoms with Crippen LogP contribution in [-0.4, -0.2) is 5.97 Å². The summed E-state index contributed by atoms with van der Waals surface area (Å²) in [5, 5.41) is 0. The van der Waals surface area contributed by atoms with Gasteiger partial charge in [0.25, 0.3) is 0 Å². The predicted octanol–water partition coefficient (Wildman–Crippen LogP) is 8.29. The second kappa shape index (κ2) is 11.2. The van der Waals surface area contributed by atoms with E-state index in [1.165, 1.54) is 82.6 Å². The lowest BCUT2D eigenvalue weighted by atomic mass is 9.51. The molecule has 0 heterocycles. The van der Waals surface area contributed by atoms with Crippen LogP contribution in [0.25, 0.3) is 0 Å². The summed E-state index contributed by atoms with van der Waals surface area (Å²) in [6.07, 6.45) is 23.3. The average molecular weight is 411 g/mol. The van der Waals surface area contributed by atoms with Gasteiger partial charge in [0, 0.05) is 6.08 Å².